The van der Waals surface area contributed by atoms with Gasteiger partial charge in [0.25, 0.3) is 5.56 Å². The van der Waals surface area contributed by atoms with Crippen LogP contribution in [-0.2, 0) is 6.42 Å². The number of benzene rings is 2. The summed E-state index contributed by atoms with van der Waals surface area (Å²) >= 11 is 0. The van der Waals surface area contributed by atoms with Crippen molar-refractivity contribution in [1.82, 2.24) is 9.66 Å². The first-order chi connectivity index (χ1) is 12.7. The summed E-state index contributed by atoms with van der Waals surface area (Å²) < 4.78 is 6.72. The Balaban J connectivity index is 1.75. The van der Waals surface area contributed by atoms with E-state index in [2.05, 4.69) is 17.1 Å². The van der Waals surface area contributed by atoms with Crippen LogP contribution in [-0.4, -0.2) is 22.5 Å². The van der Waals surface area contributed by atoms with Crippen LogP contribution >= 0.6 is 0 Å². The van der Waals surface area contributed by atoms with Crippen molar-refractivity contribution in [3.05, 3.63) is 70.3 Å². The van der Waals surface area contributed by atoms with Gasteiger partial charge in [0.1, 0.15) is 11.6 Å². The standard InChI is InChI=1S/C21H21N3O2/c1-3-20-22-18-7-5-4-6-17(18)21(25)24(20)23-19-13-12-16(19)14-8-10-15(26-2)11-9-14/h4-11,16H,3,12-13H2,1-2H3/b23-19+. The molecule has 5 heteroatoms. The molecule has 1 aliphatic rings. The van der Waals surface area contributed by atoms with Gasteiger partial charge in [-0.25, -0.2) is 4.98 Å². The number of fused-ring (bicyclic) bond motifs is 1. The van der Waals surface area contributed by atoms with Crippen LogP contribution in [0.15, 0.2) is 58.4 Å². The summed E-state index contributed by atoms with van der Waals surface area (Å²) in [6.07, 6.45) is 2.60. The van der Waals surface area contributed by atoms with Crippen molar-refractivity contribution in [3.8, 4) is 5.75 Å². The summed E-state index contributed by atoms with van der Waals surface area (Å²) in [6, 6.07) is 15.5. The molecule has 0 bridgehead atoms. The Morgan fingerprint density at radius 1 is 1.19 bits per heavy atom. The van der Waals surface area contributed by atoms with Gasteiger partial charge in [-0.2, -0.15) is 9.78 Å². The van der Waals surface area contributed by atoms with E-state index in [4.69, 9.17) is 9.84 Å². The molecule has 132 valence electrons. The van der Waals surface area contributed by atoms with Crippen molar-refractivity contribution in [3.63, 3.8) is 0 Å². The smallest absolute Gasteiger partial charge is 0.282 e. The Hall–Kier alpha value is -2.95. The molecule has 26 heavy (non-hydrogen) atoms. The van der Waals surface area contributed by atoms with Crippen LogP contribution in [0.25, 0.3) is 10.9 Å². The van der Waals surface area contributed by atoms with Crippen molar-refractivity contribution >= 4 is 16.6 Å². The number of ether oxygens (including phenoxy) is 1. The molecule has 0 saturated heterocycles. The highest BCUT2D eigenvalue weighted by Gasteiger charge is 2.28. The van der Waals surface area contributed by atoms with Crippen LogP contribution in [0.4, 0.5) is 0 Å². The number of methoxy groups -OCH3 is 1. The maximum atomic E-state index is 12.9. The molecule has 1 saturated carbocycles. The van der Waals surface area contributed by atoms with Gasteiger partial charge >= 0.3 is 0 Å². The fraction of sp³-hybridized carbons (Fsp3) is 0.286. The number of rotatable bonds is 4. The third-order valence-corrected chi connectivity index (χ3v) is 4.98. The van der Waals surface area contributed by atoms with Gasteiger partial charge < -0.3 is 4.74 Å². The molecule has 3 aromatic rings. The Labute approximate surface area is 152 Å². The first-order valence-electron chi connectivity index (χ1n) is 8.93. The van der Waals surface area contributed by atoms with Gasteiger partial charge in [0.15, 0.2) is 0 Å². The molecule has 0 N–H and O–H groups in total. The normalized spacial score (nSPS) is 18.1. The highest BCUT2D eigenvalue weighted by Crippen LogP contribution is 2.35. The summed E-state index contributed by atoms with van der Waals surface area (Å²) in [5, 5.41) is 5.32. The molecule has 0 spiro atoms. The molecule has 1 atom stereocenters. The lowest BCUT2D eigenvalue weighted by Gasteiger charge is -2.29. The second kappa shape index (κ2) is 6.75. The van der Waals surface area contributed by atoms with E-state index < -0.39 is 0 Å². The number of nitrogens with zero attached hydrogens (tertiary/aromatic N) is 3. The molecule has 0 aliphatic heterocycles. The number of aromatic nitrogens is 2. The van der Waals surface area contributed by atoms with Crippen molar-refractivity contribution in [2.24, 2.45) is 5.10 Å². The summed E-state index contributed by atoms with van der Waals surface area (Å²) in [4.78, 5) is 17.5. The molecular weight excluding hydrogens is 326 g/mol. The zero-order valence-corrected chi connectivity index (χ0v) is 15.0. The maximum absolute atomic E-state index is 12.9. The predicted octanol–water partition coefficient (Wildman–Crippen LogP) is 3.75. The second-order valence-electron chi connectivity index (χ2n) is 6.47. The molecule has 1 aromatic heterocycles. The molecule has 1 heterocycles. The Kier molecular flexibility index (Phi) is 4.29. The van der Waals surface area contributed by atoms with Crippen molar-refractivity contribution in [2.45, 2.75) is 32.1 Å². The Morgan fingerprint density at radius 3 is 2.62 bits per heavy atom. The van der Waals surface area contributed by atoms with Crippen molar-refractivity contribution < 1.29 is 4.74 Å². The zero-order valence-electron chi connectivity index (χ0n) is 15.0. The first kappa shape index (κ1) is 16.5. The van der Waals surface area contributed by atoms with Gasteiger partial charge in [0.05, 0.1) is 18.0 Å². The predicted molar refractivity (Wildman–Crippen MR) is 103 cm³/mol. The van der Waals surface area contributed by atoms with Gasteiger partial charge in [0.2, 0.25) is 0 Å². The summed E-state index contributed by atoms with van der Waals surface area (Å²) in [7, 11) is 1.66. The average Bonchev–Trinajstić information content (AvgIpc) is 2.66. The quantitative estimate of drug-likeness (QED) is 0.722. The third-order valence-electron chi connectivity index (χ3n) is 4.98. The van der Waals surface area contributed by atoms with Crippen molar-refractivity contribution in [1.29, 1.82) is 0 Å². The second-order valence-corrected chi connectivity index (χ2v) is 6.47. The first-order valence-corrected chi connectivity index (χ1v) is 8.93. The lowest BCUT2D eigenvalue weighted by Crippen LogP contribution is -2.29. The maximum Gasteiger partial charge on any atom is 0.282 e. The lowest BCUT2D eigenvalue weighted by molar-refractivity contribution is 0.414. The average molecular weight is 347 g/mol. The minimum absolute atomic E-state index is 0.0969. The molecule has 5 nitrogen and oxygen atoms in total. The molecule has 1 unspecified atom stereocenters. The molecule has 4 rings (SSSR count). The van der Waals surface area contributed by atoms with E-state index in [1.165, 1.54) is 10.2 Å². The molecule has 2 aromatic carbocycles. The van der Waals surface area contributed by atoms with E-state index in [1.54, 1.807) is 7.11 Å². The van der Waals surface area contributed by atoms with Gasteiger partial charge in [-0.05, 0) is 42.7 Å². The van der Waals surface area contributed by atoms with Crippen LogP contribution < -0.4 is 10.3 Å². The van der Waals surface area contributed by atoms with E-state index >= 15 is 0 Å². The largest absolute Gasteiger partial charge is 0.497 e. The van der Waals surface area contributed by atoms with E-state index in [9.17, 15) is 4.79 Å². The molecule has 0 radical (unpaired) electrons. The third kappa shape index (κ3) is 2.79. The minimum Gasteiger partial charge on any atom is -0.497 e. The fourth-order valence-electron chi connectivity index (χ4n) is 3.36. The van der Waals surface area contributed by atoms with E-state index in [1.807, 2.05) is 43.3 Å². The Bertz CT molecular complexity index is 1040. The lowest BCUT2D eigenvalue weighted by atomic mass is 9.78. The van der Waals surface area contributed by atoms with E-state index in [-0.39, 0.29) is 11.5 Å². The van der Waals surface area contributed by atoms with Crippen LogP contribution in [0.3, 0.4) is 0 Å². The Morgan fingerprint density at radius 2 is 1.96 bits per heavy atom. The van der Waals surface area contributed by atoms with Crippen LogP contribution in [0, 0.1) is 0 Å². The molecular formula is C21H21N3O2. The molecule has 0 amide bonds. The highest BCUT2D eigenvalue weighted by atomic mass is 16.5. The van der Waals surface area contributed by atoms with Gasteiger partial charge in [-0.15, -0.1) is 0 Å². The summed E-state index contributed by atoms with van der Waals surface area (Å²) in [6.45, 7) is 2.00. The summed E-state index contributed by atoms with van der Waals surface area (Å²) in [5.74, 6) is 1.79. The van der Waals surface area contributed by atoms with Gasteiger partial charge in [0, 0.05) is 18.1 Å². The number of hydrogen-bond donors (Lipinski definition) is 0. The van der Waals surface area contributed by atoms with E-state index in [0.717, 1.165) is 29.8 Å². The topological polar surface area (TPSA) is 56.5 Å². The number of aryl methyl sites for hydroxylation is 1. The van der Waals surface area contributed by atoms with Crippen LogP contribution in [0.1, 0.15) is 37.1 Å². The van der Waals surface area contributed by atoms with Crippen molar-refractivity contribution in [2.75, 3.05) is 7.11 Å². The summed E-state index contributed by atoms with van der Waals surface area (Å²) in [5.41, 5.74) is 2.87. The van der Waals surface area contributed by atoms with Crippen LogP contribution in [0.5, 0.6) is 5.75 Å². The number of para-hydroxylation sites is 1. The molecule has 1 aliphatic carbocycles. The van der Waals surface area contributed by atoms with Gasteiger partial charge in [-0.3, -0.25) is 4.79 Å². The highest BCUT2D eigenvalue weighted by molar-refractivity contribution is 5.96. The number of hydrogen-bond acceptors (Lipinski definition) is 4. The minimum atomic E-state index is -0.0969. The zero-order chi connectivity index (χ0) is 18.1. The van der Waals surface area contributed by atoms with E-state index in [0.29, 0.717) is 17.6 Å². The monoisotopic (exact) mass is 347 g/mol. The van der Waals surface area contributed by atoms with Crippen LogP contribution in [0.2, 0.25) is 0 Å². The molecule has 1 fully saturated rings. The SMILES string of the molecule is CCc1nc2ccccc2c(=O)n1/N=C1\CCC1c1ccc(OC)cc1. The van der Waals surface area contributed by atoms with Gasteiger partial charge in [-0.1, -0.05) is 31.2 Å². The fourth-order valence-corrected chi connectivity index (χ4v) is 3.36.